The Labute approximate surface area is 152 Å². The van der Waals surface area contributed by atoms with Gasteiger partial charge in [0.15, 0.2) is 0 Å². The third-order valence-corrected chi connectivity index (χ3v) is 4.97. The van der Waals surface area contributed by atoms with E-state index in [0.717, 1.165) is 12.1 Å². The predicted molar refractivity (Wildman–Crippen MR) is 93.5 cm³/mol. The molecule has 0 aliphatic carbocycles. The van der Waals surface area contributed by atoms with Gasteiger partial charge in [0.2, 0.25) is 11.8 Å². The van der Waals surface area contributed by atoms with Crippen molar-refractivity contribution in [3.8, 4) is 0 Å². The number of hydrogen-bond acceptors (Lipinski definition) is 3. The van der Waals surface area contributed by atoms with Crippen LogP contribution in [-0.2, 0) is 26.8 Å². The van der Waals surface area contributed by atoms with Crippen molar-refractivity contribution in [3.05, 3.63) is 65.7 Å². The fourth-order valence-corrected chi connectivity index (χ4v) is 3.49. The zero-order chi connectivity index (χ0) is 19.1. The number of primary amides is 1. The van der Waals surface area contributed by atoms with Crippen molar-refractivity contribution < 1.29 is 22.6 Å². The number of carbonyl (C=O) groups is 2. The molecule has 138 valence electrons. The van der Waals surface area contributed by atoms with Gasteiger partial charge in [-0.1, -0.05) is 18.2 Å². The number of carbonyl (C=O) groups excluding carboxylic acids is 2. The van der Waals surface area contributed by atoms with Crippen molar-refractivity contribution in [2.24, 2.45) is 5.73 Å². The van der Waals surface area contributed by atoms with Gasteiger partial charge >= 0.3 is 0 Å². The van der Waals surface area contributed by atoms with E-state index in [1.165, 1.54) is 0 Å². The number of rotatable bonds is 8. The normalized spacial score (nSPS) is 13.0. The Morgan fingerprint density at radius 3 is 2.27 bits per heavy atom. The highest BCUT2D eigenvalue weighted by molar-refractivity contribution is 7.85. The van der Waals surface area contributed by atoms with Gasteiger partial charge in [-0.2, -0.15) is 0 Å². The minimum absolute atomic E-state index is 0.0834. The molecule has 2 aromatic carbocycles. The van der Waals surface area contributed by atoms with Crippen molar-refractivity contribution in [3.63, 3.8) is 0 Å². The first-order valence-electron chi connectivity index (χ1n) is 7.82. The average molecular weight is 380 g/mol. The molecule has 0 aromatic heterocycles. The molecule has 8 heteroatoms. The molecule has 0 saturated heterocycles. The van der Waals surface area contributed by atoms with Gasteiger partial charge in [-0.15, -0.1) is 0 Å². The second-order valence-electron chi connectivity index (χ2n) is 5.63. The summed E-state index contributed by atoms with van der Waals surface area (Å²) in [6, 6.07) is 10.4. The summed E-state index contributed by atoms with van der Waals surface area (Å²) in [6.45, 7) is 0. The average Bonchev–Trinajstić information content (AvgIpc) is 2.57. The molecule has 26 heavy (non-hydrogen) atoms. The molecule has 0 aliphatic heterocycles. The van der Waals surface area contributed by atoms with Crippen molar-refractivity contribution in [2.75, 3.05) is 5.75 Å². The first-order chi connectivity index (χ1) is 12.3. The van der Waals surface area contributed by atoms with Crippen LogP contribution in [0.5, 0.6) is 0 Å². The van der Waals surface area contributed by atoms with Gasteiger partial charge < -0.3 is 11.1 Å². The van der Waals surface area contributed by atoms with Crippen LogP contribution in [0, 0.1) is 11.6 Å². The second-order valence-corrected chi connectivity index (χ2v) is 7.20. The molecule has 0 heterocycles. The SMILES string of the molecule is NC(=O)[C@@H](CC[S@@](=O)c1ccccc1)NC(=O)Cc1cc(F)cc(F)c1. The van der Waals surface area contributed by atoms with E-state index in [9.17, 15) is 22.6 Å². The third kappa shape index (κ3) is 6.03. The van der Waals surface area contributed by atoms with Gasteiger partial charge in [-0.25, -0.2) is 8.78 Å². The standard InChI is InChI=1S/C18H18F2N2O3S/c19-13-8-12(9-14(20)11-13)10-17(23)22-16(18(21)24)6-7-26(25)15-4-2-1-3-5-15/h1-5,8-9,11,16H,6-7,10H2,(H2,21,24)(H,22,23)/t16-,26-/m1/s1. The Kier molecular flexibility index (Phi) is 6.97. The van der Waals surface area contributed by atoms with E-state index in [1.807, 2.05) is 0 Å². The minimum atomic E-state index is -1.34. The summed E-state index contributed by atoms with van der Waals surface area (Å²) >= 11 is 0. The van der Waals surface area contributed by atoms with Crippen LogP contribution in [0.15, 0.2) is 53.4 Å². The van der Waals surface area contributed by atoms with Crippen LogP contribution in [0.4, 0.5) is 8.78 Å². The molecule has 0 spiro atoms. The molecule has 0 unspecified atom stereocenters. The van der Waals surface area contributed by atoms with Crippen molar-refractivity contribution in [1.82, 2.24) is 5.32 Å². The first kappa shape index (κ1) is 19.7. The van der Waals surface area contributed by atoms with Gasteiger partial charge in [-0.05, 0) is 36.2 Å². The van der Waals surface area contributed by atoms with Crippen LogP contribution >= 0.6 is 0 Å². The zero-order valence-corrected chi connectivity index (χ0v) is 14.6. The molecule has 2 amide bonds. The summed E-state index contributed by atoms with van der Waals surface area (Å²) < 4.78 is 38.5. The summed E-state index contributed by atoms with van der Waals surface area (Å²) in [6.07, 6.45) is -0.222. The highest BCUT2D eigenvalue weighted by Gasteiger charge is 2.20. The topological polar surface area (TPSA) is 89.3 Å². The number of benzene rings is 2. The lowest BCUT2D eigenvalue weighted by Crippen LogP contribution is -2.45. The molecule has 0 aliphatic rings. The summed E-state index contributed by atoms with van der Waals surface area (Å²) in [5, 5.41) is 2.42. The Morgan fingerprint density at radius 2 is 1.69 bits per heavy atom. The molecule has 5 nitrogen and oxygen atoms in total. The van der Waals surface area contributed by atoms with Gasteiger partial charge in [0.05, 0.1) is 17.2 Å². The van der Waals surface area contributed by atoms with E-state index in [0.29, 0.717) is 11.0 Å². The van der Waals surface area contributed by atoms with Gasteiger partial charge in [0.1, 0.15) is 17.7 Å². The number of nitrogens with two attached hydrogens (primary N) is 1. The van der Waals surface area contributed by atoms with Gasteiger partial charge in [-0.3, -0.25) is 13.8 Å². The molecule has 2 atom stereocenters. The highest BCUT2D eigenvalue weighted by atomic mass is 32.2. The smallest absolute Gasteiger partial charge is 0.240 e. The molecule has 2 rings (SSSR count). The van der Waals surface area contributed by atoms with Crippen LogP contribution < -0.4 is 11.1 Å². The quantitative estimate of drug-likeness (QED) is 0.730. The number of hydrogen-bond donors (Lipinski definition) is 2. The van der Waals surface area contributed by atoms with Crippen LogP contribution in [0.25, 0.3) is 0 Å². The largest absolute Gasteiger partial charge is 0.368 e. The number of nitrogens with one attached hydrogen (secondary N) is 1. The Morgan fingerprint density at radius 1 is 1.08 bits per heavy atom. The monoisotopic (exact) mass is 380 g/mol. The number of halogens is 2. The Balaban J connectivity index is 1.93. The maximum Gasteiger partial charge on any atom is 0.240 e. The van der Waals surface area contributed by atoms with Gasteiger partial charge in [0, 0.05) is 16.7 Å². The maximum absolute atomic E-state index is 13.2. The fourth-order valence-electron chi connectivity index (χ4n) is 2.34. The summed E-state index contributed by atoms with van der Waals surface area (Å²) in [7, 11) is -1.34. The minimum Gasteiger partial charge on any atom is -0.368 e. The lowest BCUT2D eigenvalue weighted by Gasteiger charge is -2.15. The lowest BCUT2D eigenvalue weighted by molar-refractivity contribution is -0.127. The van der Waals surface area contributed by atoms with Crippen LogP contribution in [0.1, 0.15) is 12.0 Å². The number of amides is 2. The predicted octanol–water partition coefficient (Wildman–Crippen LogP) is 1.68. The maximum atomic E-state index is 13.2. The van der Waals surface area contributed by atoms with Crippen molar-refractivity contribution in [2.45, 2.75) is 23.8 Å². The zero-order valence-electron chi connectivity index (χ0n) is 13.8. The lowest BCUT2D eigenvalue weighted by atomic mass is 10.1. The molecular weight excluding hydrogens is 362 g/mol. The van der Waals surface area contributed by atoms with E-state index >= 15 is 0 Å². The summed E-state index contributed by atoms with van der Waals surface area (Å²) in [4.78, 5) is 24.2. The highest BCUT2D eigenvalue weighted by Crippen LogP contribution is 2.10. The van der Waals surface area contributed by atoms with Crippen LogP contribution in [0.3, 0.4) is 0 Å². The first-order valence-corrected chi connectivity index (χ1v) is 9.14. The molecule has 0 radical (unpaired) electrons. The van der Waals surface area contributed by atoms with Crippen molar-refractivity contribution >= 4 is 22.6 Å². The van der Waals surface area contributed by atoms with Crippen molar-refractivity contribution in [1.29, 1.82) is 0 Å². The fraction of sp³-hybridized carbons (Fsp3) is 0.222. The third-order valence-electron chi connectivity index (χ3n) is 3.56. The van der Waals surface area contributed by atoms with E-state index in [-0.39, 0.29) is 24.2 Å². The molecular formula is C18H18F2N2O3S. The second kappa shape index (κ2) is 9.19. The molecule has 3 N–H and O–H groups in total. The van der Waals surface area contributed by atoms with E-state index in [4.69, 9.17) is 5.73 Å². The summed E-state index contributed by atoms with van der Waals surface area (Å²) in [5.74, 6) is -2.83. The molecule has 0 fully saturated rings. The van der Waals surface area contributed by atoms with E-state index in [1.54, 1.807) is 30.3 Å². The van der Waals surface area contributed by atoms with E-state index < -0.39 is 40.3 Å². The summed E-state index contributed by atoms with van der Waals surface area (Å²) in [5.41, 5.74) is 5.41. The van der Waals surface area contributed by atoms with Gasteiger partial charge in [0.25, 0.3) is 0 Å². The Bertz CT molecular complexity index is 795. The van der Waals surface area contributed by atoms with Crippen LogP contribution in [-0.4, -0.2) is 27.8 Å². The Hall–Kier alpha value is -2.61. The molecule has 0 saturated carbocycles. The van der Waals surface area contributed by atoms with E-state index in [2.05, 4.69) is 5.32 Å². The van der Waals surface area contributed by atoms with Crippen LogP contribution in [0.2, 0.25) is 0 Å². The molecule has 0 bridgehead atoms. The molecule has 2 aromatic rings.